The minimum absolute atomic E-state index is 0.0222. The summed E-state index contributed by atoms with van der Waals surface area (Å²) in [4.78, 5) is 24.3. The number of carbonyl (C=O) groups is 2. The number of phenolic OH excluding ortho intramolecular Hbond substituents is 1. The minimum atomic E-state index is -1.12. The van der Waals surface area contributed by atoms with Gasteiger partial charge in [0.15, 0.2) is 6.04 Å². The Balaban J connectivity index is 3.24. The lowest BCUT2D eigenvalue weighted by Gasteiger charge is -2.31. The van der Waals surface area contributed by atoms with Gasteiger partial charge < -0.3 is 15.1 Å². The SMILES string of the molecule is CC(=O)N(C(C)C)C(C(=O)O)c1cccc(O)c1. The van der Waals surface area contributed by atoms with E-state index in [1.807, 2.05) is 0 Å². The number of carbonyl (C=O) groups excluding carboxylic acids is 1. The van der Waals surface area contributed by atoms with Crippen molar-refractivity contribution in [3.63, 3.8) is 0 Å². The van der Waals surface area contributed by atoms with Gasteiger partial charge in [-0.1, -0.05) is 12.1 Å². The van der Waals surface area contributed by atoms with Gasteiger partial charge in [-0.3, -0.25) is 4.79 Å². The number of hydrogen-bond acceptors (Lipinski definition) is 3. The maximum absolute atomic E-state index is 11.6. The van der Waals surface area contributed by atoms with Gasteiger partial charge in [0.2, 0.25) is 5.91 Å². The van der Waals surface area contributed by atoms with Crippen molar-refractivity contribution < 1.29 is 19.8 Å². The number of aromatic hydroxyl groups is 1. The lowest BCUT2D eigenvalue weighted by atomic mass is 10.0. The smallest absolute Gasteiger partial charge is 0.331 e. The van der Waals surface area contributed by atoms with Gasteiger partial charge in [0.25, 0.3) is 0 Å². The molecule has 1 unspecified atom stereocenters. The highest BCUT2D eigenvalue weighted by atomic mass is 16.4. The molecule has 0 saturated heterocycles. The molecule has 1 aromatic rings. The predicted molar refractivity (Wildman–Crippen MR) is 66.1 cm³/mol. The molecule has 0 spiro atoms. The highest BCUT2D eigenvalue weighted by molar-refractivity contribution is 5.83. The van der Waals surface area contributed by atoms with Gasteiger partial charge >= 0.3 is 5.97 Å². The van der Waals surface area contributed by atoms with Crippen molar-refractivity contribution in [3.8, 4) is 5.75 Å². The molecule has 0 fully saturated rings. The molecule has 0 saturated carbocycles. The van der Waals surface area contributed by atoms with Crippen LogP contribution in [0, 0.1) is 0 Å². The molecule has 0 heterocycles. The van der Waals surface area contributed by atoms with Gasteiger partial charge in [-0.15, -0.1) is 0 Å². The van der Waals surface area contributed by atoms with E-state index in [0.717, 1.165) is 0 Å². The molecule has 0 aromatic heterocycles. The van der Waals surface area contributed by atoms with Crippen LogP contribution in [0.15, 0.2) is 24.3 Å². The second-order valence-corrected chi connectivity index (χ2v) is 4.36. The molecular weight excluding hydrogens is 234 g/mol. The second kappa shape index (κ2) is 5.53. The third-order valence-electron chi connectivity index (χ3n) is 2.62. The number of benzene rings is 1. The first-order chi connectivity index (χ1) is 8.34. The van der Waals surface area contributed by atoms with E-state index in [2.05, 4.69) is 0 Å². The maximum Gasteiger partial charge on any atom is 0.331 e. The average Bonchev–Trinajstić information content (AvgIpc) is 2.23. The van der Waals surface area contributed by atoms with Gasteiger partial charge in [0.05, 0.1) is 0 Å². The molecular formula is C13H17NO4. The summed E-state index contributed by atoms with van der Waals surface area (Å²) in [6.07, 6.45) is 0. The highest BCUT2D eigenvalue weighted by Crippen LogP contribution is 2.26. The first-order valence-electron chi connectivity index (χ1n) is 5.65. The number of phenols is 1. The van der Waals surface area contributed by atoms with Crippen molar-refractivity contribution in [2.24, 2.45) is 0 Å². The number of nitrogens with zero attached hydrogens (tertiary/aromatic N) is 1. The van der Waals surface area contributed by atoms with Crippen molar-refractivity contribution in [2.45, 2.75) is 32.9 Å². The predicted octanol–water partition coefficient (Wildman–Crippen LogP) is 1.77. The average molecular weight is 251 g/mol. The van der Waals surface area contributed by atoms with E-state index in [-0.39, 0.29) is 17.7 Å². The maximum atomic E-state index is 11.6. The van der Waals surface area contributed by atoms with Crippen LogP contribution < -0.4 is 0 Å². The summed E-state index contributed by atoms with van der Waals surface area (Å²) in [5.74, 6) is -1.46. The largest absolute Gasteiger partial charge is 0.508 e. The lowest BCUT2D eigenvalue weighted by molar-refractivity contribution is -0.151. The van der Waals surface area contributed by atoms with Crippen molar-refractivity contribution in [1.29, 1.82) is 0 Å². The van der Waals surface area contributed by atoms with Crippen LogP contribution in [0.4, 0.5) is 0 Å². The fourth-order valence-electron chi connectivity index (χ4n) is 1.96. The quantitative estimate of drug-likeness (QED) is 0.855. The topological polar surface area (TPSA) is 77.8 Å². The number of carboxylic acid groups (broad SMARTS) is 1. The third-order valence-corrected chi connectivity index (χ3v) is 2.62. The number of amides is 1. The monoisotopic (exact) mass is 251 g/mol. The van der Waals surface area contributed by atoms with Crippen LogP contribution in [-0.4, -0.2) is 33.0 Å². The van der Waals surface area contributed by atoms with Gasteiger partial charge in [-0.2, -0.15) is 0 Å². The summed E-state index contributed by atoms with van der Waals surface area (Å²) in [6.45, 7) is 4.83. The molecule has 5 heteroatoms. The normalized spacial score (nSPS) is 12.2. The molecule has 1 amide bonds. The first kappa shape index (κ1) is 14.0. The van der Waals surface area contributed by atoms with Crippen LogP contribution in [0.2, 0.25) is 0 Å². The van der Waals surface area contributed by atoms with Gasteiger partial charge in [-0.25, -0.2) is 4.79 Å². The standard InChI is InChI=1S/C13H17NO4/c1-8(2)14(9(3)15)12(13(17)18)10-5-4-6-11(16)7-10/h4-8,12,16H,1-3H3,(H,17,18). The van der Waals surface area contributed by atoms with Crippen LogP contribution in [0.3, 0.4) is 0 Å². The molecule has 18 heavy (non-hydrogen) atoms. The van der Waals surface area contributed by atoms with Crippen LogP contribution in [0.25, 0.3) is 0 Å². The molecule has 1 aromatic carbocycles. The summed E-state index contributed by atoms with van der Waals surface area (Å²) < 4.78 is 0. The van der Waals surface area contributed by atoms with E-state index in [0.29, 0.717) is 5.56 Å². The Labute approximate surface area is 106 Å². The third kappa shape index (κ3) is 3.00. The molecule has 0 aliphatic heterocycles. The molecule has 98 valence electrons. The minimum Gasteiger partial charge on any atom is -0.508 e. The molecule has 0 aliphatic rings. The number of rotatable bonds is 4. The molecule has 2 N–H and O–H groups in total. The zero-order valence-corrected chi connectivity index (χ0v) is 10.6. The van der Waals surface area contributed by atoms with Crippen LogP contribution in [0.5, 0.6) is 5.75 Å². The Morgan fingerprint density at radius 1 is 1.28 bits per heavy atom. The number of aliphatic carboxylic acids is 1. The van der Waals surface area contributed by atoms with Gasteiger partial charge in [0.1, 0.15) is 5.75 Å². The van der Waals surface area contributed by atoms with Crippen molar-refractivity contribution in [3.05, 3.63) is 29.8 Å². The van der Waals surface area contributed by atoms with E-state index < -0.39 is 12.0 Å². The summed E-state index contributed by atoms with van der Waals surface area (Å²) in [7, 11) is 0. The summed E-state index contributed by atoms with van der Waals surface area (Å²) in [6, 6.07) is 4.61. The first-order valence-corrected chi connectivity index (χ1v) is 5.65. The van der Waals surface area contributed by atoms with Gasteiger partial charge in [0, 0.05) is 13.0 Å². The number of hydrogen-bond donors (Lipinski definition) is 2. The van der Waals surface area contributed by atoms with Crippen LogP contribution >= 0.6 is 0 Å². The van der Waals surface area contributed by atoms with E-state index in [1.165, 1.54) is 24.0 Å². The summed E-state index contributed by atoms with van der Waals surface area (Å²) in [5.41, 5.74) is 0.381. The molecule has 0 radical (unpaired) electrons. The van der Waals surface area contributed by atoms with Crippen molar-refractivity contribution in [1.82, 2.24) is 4.90 Å². The molecule has 1 rings (SSSR count). The summed E-state index contributed by atoms with van der Waals surface area (Å²) >= 11 is 0. The lowest BCUT2D eigenvalue weighted by Crippen LogP contribution is -2.42. The van der Waals surface area contributed by atoms with Gasteiger partial charge in [-0.05, 0) is 31.5 Å². The van der Waals surface area contributed by atoms with Crippen LogP contribution in [0.1, 0.15) is 32.4 Å². The molecule has 5 nitrogen and oxygen atoms in total. The molecule has 0 bridgehead atoms. The molecule has 0 aliphatic carbocycles. The fourth-order valence-corrected chi connectivity index (χ4v) is 1.96. The van der Waals surface area contributed by atoms with Crippen molar-refractivity contribution in [2.75, 3.05) is 0 Å². The number of carboxylic acids is 1. The van der Waals surface area contributed by atoms with Crippen LogP contribution in [-0.2, 0) is 9.59 Å². The van der Waals surface area contributed by atoms with E-state index >= 15 is 0 Å². The second-order valence-electron chi connectivity index (χ2n) is 4.36. The van der Waals surface area contributed by atoms with E-state index in [1.54, 1.807) is 26.0 Å². The molecule has 1 atom stereocenters. The van der Waals surface area contributed by atoms with Crippen molar-refractivity contribution >= 4 is 11.9 Å². The highest BCUT2D eigenvalue weighted by Gasteiger charge is 2.31. The Morgan fingerprint density at radius 2 is 1.89 bits per heavy atom. The Hall–Kier alpha value is -2.04. The Kier molecular flexibility index (Phi) is 4.31. The Morgan fingerprint density at radius 3 is 2.28 bits per heavy atom. The van der Waals surface area contributed by atoms with E-state index in [9.17, 15) is 19.8 Å². The Bertz CT molecular complexity index is 456. The zero-order chi connectivity index (χ0) is 13.9. The van der Waals surface area contributed by atoms with E-state index in [4.69, 9.17) is 0 Å². The zero-order valence-electron chi connectivity index (χ0n) is 10.6. The fraction of sp³-hybridized carbons (Fsp3) is 0.385. The summed E-state index contributed by atoms with van der Waals surface area (Å²) in [5, 5.41) is 18.7.